The normalized spacial score (nSPS) is 19.8. The predicted octanol–water partition coefficient (Wildman–Crippen LogP) is 2.21. The molecule has 0 bridgehead atoms. The van der Waals surface area contributed by atoms with Crippen molar-refractivity contribution in [2.45, 2.75) is 32.7 Å². The maximum absolute atomic E-state index is 12.1. The Morgan fingerprint density at radius 3 is 3.16 bits per heavy atom. The first-order valence-electron chi connectivity index (χ1n) is 6.73. The molecule has 1 amide bonds. The van der Waals surface area contributed by atoms with Crippen LogP contribution in [0.15, 0.2) is 11.4 Å². The second-order valence-corrected chi connectivity index (χ2v) is 6.01. The quantitative estimate of drug-likeness (QED) is 0.842. The van der Waals surface area contributed by atoms with Crippen molar-refractivity contribution in [2.75, 3.05) is 13.1 Å². The molecule has 1 aromatic rings. The average Bonchev–Trinajstić information content (AvgIpc) is 2.78. The van der Waals surface area contributed by atoms with E-state index in [0.717, 1.165) is 24.9 Å². The zero-order chi connectivity index (χ0) is 13.7. The first-order valence-corrected chi connectivity index (χ1v) is 7.61. The summed E-state index contributed by atoms with van der Waals surface area (Å²) in [7, 11) is 0. The number of rotatable bonds is 2. The fraction of sp³-hybridized carbons (Fsp3) is 0.533. The minimum Gasteiger partial charge on any atom is -0.338 e. The summed E-state index contributed by atoms with van der Waals surface area (Å²) < 4.78 is 0. The smallest absolute Gasteiger partial charge is 0.222 e. The fourth-order valence-corrected chi connectivity index (χ4v) is 3.08. The largest absolute Gasteiger partial charge is 0.338 e. The van der Waals surface area contributed by atoms with Crippen molar-refractivity contribution < 1.29 is 4.79 Å². The Bertz CT molecular complexity index is 498. The van der Waals surface area contributed by atoms with Crippen LogP contribution in [0.2, 0.25) is 0 Å². The Hall–Kier alpha value is -1.31. The van der Waals surface area contributed by atoms with E-state index in [4.69, 9.17) is 5.73 Å². The monoisotopic (exact) mass is 276 g/mol. The Balaban J connectivity index is 2.07. The first-order chi connectivity index (χ1) is 9.20. The van der Waals surface area contributed by atoms with Crippen molar-refractivity contribution in [1.29, 1.82) is 0 Å². The van der Waals surface area contributed by atoms with Gasteiger partial charge in [-0.3, -0.25) is 4.79 Å². The summed E-state index contributed by atoms with van der Waals surface area (Å²) in [5.74, 6) is 6.88. The lowest BCUT2D eigenvalue weighted by Crippen LogP contribution is -2.29. The van der Waals surface area contributed by atoms with Crippen LogP contribution in [0.3, 0.4) is 0 Å². The minimum absolute atomic E-state index is 0.274. The first kappa shape index (κ1) is 14.1. The Morgan fingerprint density at radius 2 is 2.37 bits per heavy atom. The van der Waals surface area contributed by atoms with Gasteiger partial charge in [0.2, 0.25) is 5.91 Å². The number of carbonyl (C=O) groups excluding carboxylic acids is 1. The van der Waals surface area contributed by atoms with Crippen LogP contribution in [-0.2, 0) is 11.3 Å². The van der Waals surface area contributed by atoms with Crippen LogP contribution in [0.1, 0.15) is 36.6 Å². The van der Waals surface area contributed by atoms with Gasteiger partial charge in [0.1, 0.15) is 0 Å². The molecule has 0 radical (unpaired) electrons. The molecule has 1 aliphatic rings. The topological polar surface area (TPSA) is 46.3 Å². The number of thiophene rings is 1. The highest BCUT2D eigenvalue weighted by atomic mass is 32.1. The molecule has 19 heavy (non-hydrogen) atoms. The van der Waals surface area contributed by atoms with Crippen molar-refractivity contribution in [3.05, 3.63) is 21.9 Å². The van der Waals surface area contributed by atoms with Gasteiger partial charge < -0.3 is 10.6 Å². The van der Waals surface area contributed by atoms with E-state index in [0.29, 0.717) is 25.4 Å². The van der Waals surface area contributed by atoms with E-state index in [1.165, 1.54) is 4.88 Å². The lowest BCUT2D eigenvalue weighted by molar-refractivity contribution is -0.131. The molecule has 1 atom stereocenters. The third-order valence-electron chi connectivity index (χ3n) is 3.50. The number of hydrogen-bond acceptors (Lipinski definition) is 3. The molecule has 102 valence electrons. The van der Waals surface area contributed by atoms with Crippen molar-refractivity contribution in [3.8, 4) is 11.8 Å². The summed E-state index contributed by atoms with van der Waals surface area (Å²) in [4.78, 5) is 15.2. The molecule has 3 nitrogen and oxygen atoms in total. The zero-order valence-corrected chi connectivity index (χ0v) is 12.1. The molecule has 0 aromatic carbocycles. The van der Waals surface area contributed by atoms with Gasteiger partial charge in [0, 0.05) is 23.4 Å². The van der Waals surface area contributed by atoms with Crippen molar-refractivity contribution in [3.63, 3.8) is 0 Å². The molecular weight excluding hydrogens is 256 g/mol. The Labute approximate surface area is 118 Å². The van der Waals surface area contributed by atoms with E-state index in [1.54, 1.807) is 11.3 Å². The molecule has 4 heteroatoms. The van der Waals surface area contributed by atoms with E-state index in [9.17, 15) is 4.79 Å². The SMILES string of the molecule is CC1CCC(=O)N(Cc2sccc2C#CCN)CC1. The van der Waals surface area contributed by atoms with Crippen LogP contribution in [0.4, 0.5) is 0 Å². The number of amides is 1. The van der Waals surface area contributed by atoms with Crippen LogP contribution < -0.4 is 5.73 Å². The van der Waals surface area contributed by atoms with Crippen molar-refractivity contribution in [2.24, 2.45) is 11.7 Å². The molecule has 1 aromatic heterocycles. The molecule has 1 aliphatic heterocycles. The van der Waals surface area contributed by atoms with Crippen LogP contribution in [-0.4, -0.2) is 23.9 Å². The van der Waals surface area contributed by atoms with Gasteiger partial charge in [-0.05, 0) is 30.2 Å². The van der Waals surface area contributed by atoms with E-state index in [-0.39, 0.29) is 5.91 Å². The number of nitrogens with two attached hydrogens (primary N) is 1. The van der Waals surface area contributed by atoms with Crippen molar-refractivity contribution >= 4 is 17.2 Å². The Morgan fingerprint density at radius 1 is 1.53 bits per heavy atom. The summed E-state index contributed by atoms with van der Waals surface area (Å²) in [5.41, 5.74) is 6.42. The second-order valence-electron chi connectivity index (χ2n) is 5.01. The molecule has 2 heterocycles. The molecule has 1 saturated heterocycles. The van der Waals surface area contributed by atoms with Gasteiger partial charge >= 0.3 is 0 Å². The highest BCUT2D eigenvalue weighted by molar-refractivity contribution is 7.10. The molecular formula is C15H20N2OS. The molecule has 0 saturated carbocycles. The van der Waals surface area contributed by atoms with Crippen LogP contribution >= 0.6 is 11.3 Å². The molecule has 1 unspecified atom stereocenters. The number of nitrogens with zero attached hydrogens (tertiary/aromatic N) is 1. The molecule has 2 rings (SSSR count). The predicted molar refractivity (Wildman–Crippen MR) is 78.7 cm³/mol. The molecule has 0 aliphatic carbocycles. The van der Waals surface area contributed by atoms with Crippen LogP contribution in [0.5, 0.6) is 0 Å². The van der Waals surface area contributed by atoms with E-state index in [2.05, 4.69) is 18.8 Å². The van der Waals surface area contributed by atoms with Crippen LogP contribution in [0, 0.1) is 17.8 Å². The lowest BCUT2D eigenvalue weighted by atomic mass is 10.0. The maximum Gasteiger partial charge on any atom is 0.222 e. The lowest BCUT2D eigenvalue weighted by Gasteiger charge is -2.20. The van der Waals surface area contributed by atoms with E-state index >= 15 is 0 Å². The third-order valence-corrected chi connectivity index (χ3v) is 4.41. The maximum atomic E-state index is 12.1. The summed E-state index contributed by atoms with van der Waals surface area (Å²) in [5, 5.41) is 2.03. The van der Waals surface area contributed by atoms with Crippen LogP contribution in [0.25, 0.3) is 0 Å². The minimum atomic E-state index is 0.274. The van der Waals surface area contributed by atoms with E-state index < -0.39 is 0 Å². The van der Waals surface area contributed by atoms with Gasteiger partial charge in [-0.25, -0.2) is 0 Å². The summed E-state index contributed by atoms with van der Waals surface area (Å²) in [6.07, 6.45) is 2.79. The molecule has 1 fully saturated rings. The van der Waals surface area contributed by atoms with Gasteiger partial charge in [-0.15, -0.1) is 11.3 Å². The Kier molecular flexibility index (Phi) is 5.00. The van der Waals surface area contributed by atoms with Gasteiger partial charge in [0.05, 0.1) is 13.1 Å². The van der Waals surface area contributed by atoms with Gasteiger partial charge in [0.15, 0.2) is 0 Å². The van der Waals surface area contributed by atoms with Gasteiger partial charge in [-0.2, -0.15) is 0 Å². The number of likely N-dealkylation sites (tertiary alicyclic amines) is 1. The second kappa shape index (κ2) is 6.74. The standard InChI is InChI=1S/C15H20N2OS/c1-12-4-5-15(18)17(9-6-12)11-14-13(3-2-8-16)7-10-19-14/h7,10,12H,4-6,8-9,11,16H2,1H3. The average molecular weight is 276 g/mol. The fourth-order valence-electron chi connectivity index (χ4n) is 2.23. The number of carbonyl (C=O) groups is 1. The summed E-state index contributed by atoms with van der Waals surface area (Å²) in [6, 6.07) is 2.01. The molecule has 0 spiro atoms. The summed E-state index contributed by atoms with van der Waals surface area (Å²) in [6.45, 7) is 4.15. The highest BCUT2D eigenvalue weighted by Gasteiger charge is 2.21. The highest BCUT2D eigenvalue weighted by Crippen LogP contribution is 2.23. The van der Waals surface area contributed by atoms with E-state index in [1.807, 2.05) is 16.3 Å². The van der Waals surface area contributed by atoms with Gasteiger partial charge in [0.25, 0.3) is 0 Å². The third kappa shape index (κ3) is 3.82. The van der Waals surface area contributed by atoms with Crippen molar-refractivity contribution in [1.82, 2.24) is 4.90 Å². The summed E-state index contributed by atoms with van der Waals surface area (Å²) >= 11 is 1.67. The zero-order valence-electron chi connectivity index (χ0n) is 11.3. The van der Waals surface area contributed by atoms with Gasteiger partial charge in [-0.1, -0.05) is 18.8 Å². The molecule has 2 N–H and O–H groups in total. The number of hydrogen-bond donors (Lipinski definition) is 1.